The average Bonchev–Trinajstić information content (AvgIpc) is 3.07. The number of aryl methyl sites for hydroxylation is 1. The van der Waals surface area contributed by atoms with E-state index in [-0.39, 0.29) is 0 Å². The molecule has 0 N–H and O–H groups in total. The molecule has 2 aliphatic heterocycles. The largest absolute Gasteiger partial charge is 0.381 e. The van der Waals surface area contributed by atoms with Crippen molar-refractivity contribution in [3.8, 4) is 0 Å². The standard InChI is InChI=1S/C15H22N2OS/c1-10-16-13(9-19-10)2-3-17-5-11-4-12-7-18-8-15(12)14(11)6-17/h9,11-12,14-15H,2-8H2,1H3/t11-,12+,14+,15-/m0/s1. The van der Waals surface area contributed by atoms with Crippen LogP contribution in [0.1, 0.15) is 17.1 Å². The first-order valence-corrected chi connectivity index (χ1v) is 8.38. The molecule has 0 radical (unpaired) electrons. The number of likely N-dealkylation sites (tertiary alicyclic amines) is 1. The van der Waals surface area contributed by atoms with Gasteiger partial charge in [0.05, 0.1) is 17.3 Å². The molecule has 3 aliphatic rings. The summed E-state index contributed by atoms with van der Waals surface area (Å²) in [7, 11) is 0. The lowest BCUT2D eigenvalue weighted by molar-refractivity contribution is 0.158. The molecule has 0 bridgehead atoms. The van der Waals surface area contributed by atoms with Gasteiger partial charge in [-0.25, -0.2) is 4.98 Å². The SMILES string of the molecule is Cc1nc(CCN2C[C@@H]3C[C@@H]4COC[C@@H]4[C@@H]3C2)cs1. The lowest BCUT2D eigenvalue weighted by atomic mass is 9.91. The molecule has 4 atom stereocenters. The number of thiazole rings is 1. The average molecular weight is 278 g/mol. The van der Waals surface area contributed by atoms with Crippen LogP contribution in [0.5, 0.6) is 0 Å². The van der Waals surface area contributed by atoms with Crippen LogP contribution in [0.25, 0.3) is 0 Å². The van der Waals surface area contributed by atoms with E-state index < -0.39 is 0 Å². The number of aromatic nitrogens is 1. The number of hydrogen-bond acceptors (Lipinski definition) is 4. The lowest BCUT2D eigenvalue weighted by Crippen LogP contribution is -2.27. The summed E-state index contributed by atoms with van der Waals surface area (Å²) in [6.45, 7) is 7.98. The molecule has 3 heterocycles. The molecular weight excluding hydrogens is 256 g/mol. The smallest absolute Gasteiger partial charge is 0.0897 e. The van der Waals surface area contributed by atoms with Crippen LogP contribution in [0.4, 0.5) is 0 Å². The molecule has 3 nitrogen and oxygen atoms in total. The van der Waals surface area contributed by atoms with Crippen LogP contribution < -0.4 is 0 Å². The van der Waals surface area contributed by atoms with E-state index in [9.17, 15) is 0 Å². The zero-order valence-electron chi connectivity index (χ0n) is 11.5. The van der Waals surface area contributed by atoms with Gasteiger partial charge in [0.25, 0.3) is 0 Å². The fraction of sp³-hybridized carbons (Fsp3) is 0.800. The maximum absolute atomic E-state index is 5.66. The highest BCUT2D eigenvalue weighted by Crippen LogP contribution is 2.48. The van der Waals surface area contributed by atoms with Gasteiger partial charge in [0, 0.05) is 38.0 Å². The van der Waals surface area contributed by atoms with Crippen molar-refractivity contribution in [1.82, 2.24) is 9.88 Å². The monoisotopic (exact) mass is 278 g/mol. The van der Waals surface area contributed by atoms with Gasteiger partial charge in [0.15, 0.2) is 0 Å². The van der Waals surface area contributed by atoms with Crippen molar-refractivity contribution in [3.05, 3.63) is 16.1 Å². The Balaban J connectivity index is 1.33. The number of ether oxygens (including phenoxy) is 1. The maximum Gasteiger partial charge on any atom is 0.0897 e. The van der Waals surface area contributed by atoms with Crippen LogP contribution in [0.15, 0.2) is 5.38 Å². The van der Waals surface area contributed by atoms with Gasteiger partial charge < -0.3 is 9.64 Å². The highest BCUT2D eigenvalue weighted by molar-refractivity contribution is 7.09. The van der Waals surface area contributed by atoms with E-state index in [0.29, 0.717) is 0 Å². The Hall–Kier alpha value is -0.450. The van der Waals surface area contributed by atoms with E-state index in [2.05, 4.69) is 22.2 Å². The highest BCUT2D eigenvalue weighted by atomic mass is 32.1. The van der Waals surface area contributed by atoms with Crippen LogP contribution in [0, 0.1) is 30.6 Å². The third-order valence-corrected chi connectivity index (χ3v) is 6.14. The molecule has 0 unspecified atom stereocenters. The van der Waals surface area contributed by atoms with Crippen molar-refractivity contribution >= 4 is 11.3 Å². The summed E-state index contributed by atoms with van der Waals surface area (Å²) in [5.74, 6) is 3.63. The molecule has 1 aromatic heterocycles. The van der Waals surface area contributed by atoms with Gasteiger partial charge in [0.2, 0.25) is 0 Å². The predicted octanol–water partition coefficient (Wildman–Crippen LogP) is 2.21. The van der Waals surface area contributed by atoms with Crippen molar-refractivity contribution in [2.24, 2.45) is 23.7 Å². The molecule has 0 amide bonds. The number of fused-ring (bicyclic) bond motifs is 3. The Morgan fingerprint density at radius 2 is 2.26 bits per heavy atom. The van der Waals surface area contributed by atoms with E-state index in [1.54, 1.807) is 11.3 Å². The minimum Gasteiger partial charge on any atom is -0.381 e. The third-order valence-electron chi connectivity index (χ3n) is 5.32. The van der Waals surface area contributed by atoms with Gasteiger partial charge in [-0.05, 0) is 37.0 Å². The molecule has 1 aromatic rings. The van der Waals surface area contributed by atoms with Crippen LogP contribution in [-0.4, -0.2) is 42.7 Å². The van der Waals surface area contributed by atoms with Crippen molar-refractivity contribution in [2.45, 2.75) is 19.8 Å². The first-order valence-electron chi connectivity index (χ1n) is 7.50. The minimum absolute atomic E-state index is 0.872. The summed E-state index contributed by atoms with van der Waals surface area (Å²) in [5, 5.41) is 3.41. The molecule has 0 aromatic carbocycles. The molecule has 3 fully saturated rings. The molecule has 4 heteroatoms. The van der Waals surface area contributed by atoms with Crippen molar-refractivity contribution in [2.75, 3.05) is 32.8 Å². The summed E-state index contributed by atoms with van der Waals surface area (Å²) in [6.07, 6.45) is 2.54. The van der Waals surface area contributed by atoms with E-state index in [4.69, 9.17) is 4.74 Å². The first kappa shape index (κ1) is 12.3. The molecule has 0 spiro atoms. The van der Waals surface area contributed by atoms with Crippen LogP contribution in [-0.2, 0) is 11.2 Å². The summed E-state index contributed by atoms with van der Waals surface area (Å²) >= 11 is 1.77. The van der Waals surface area contributed by atoms with E-state index >= 15 is 0 Å². The van der Waals surface area contributed by atoms with Crippen LogP contribution in [0.3, 0.4) is 0 Å². The maximum atomic E-state index is 5.66. The highest BCUT2D eigenvalue weighted by Gasteiger charge is 2.49. The van der Waals surface area contributed by atoms with Gasteiger partial charge in [-0.2, -0.15) is 0 Å². The van der Waals surface area contributed by atoms with Gasteiger partial charge in [-0.3, -0.25) is 0 Å². The molecular formula is C15H22N2OS. The van der Waals surface area contributed by atoms with Gasteiger partial charge >= 0.3 is 0 Å². The van der Waals surface area contributed by atoms with Crippen molar-refractivity contribution in [1.29, 1.82) is 0 Å². The fourth-order valence-corrected chi connectivity index (χ4v) is 5.07. The van der Waals surface area contributed by atoms with Crippen LogP contribution in [0.2, 0.25) is 0 Å². The Bertz CT molecular complexity index is 461. The van der Waals surface area contributed by atoms with Crippen molar-refractivity contribution in [3.63, 3.8) is 0 Å². The fourth-order valence-electron chi connectivity index (χ4n) is 4.42. The number of nitrogens with zero attached hydrogens (tertiary/aromatic N) is 2. The number of hydrogen-bond donors (Lipinski definition) is 0. The zero-order valence-corrected chi connectivity index (χ0v) is 12.4. The molecule has 1 aliphatic carbocycles. The van der Waals surface area contributed by atoms with Crippen LogP contribution >= 0.6 is 11.3 Å². The second-order valence-electron chi connectivity index (χ2n) is 6.49. The van der Waals surface area contributed by atoms with E-state index in [1.165, 1.54) is 36.8 Å². The number of rotatable bonds is 3. The Morgan fingerprint density at radius 3 is 3.11 bits per heavy atom. The second kappa shape index (κ2) is 4.83. The molecule has 4 rings (SSSR count). The van der Waals surface area contributed by atoms with E-state index in [0.717, 1.165) is 43.3 Å². The quantitative estimate of drug-likeness (QED) is 0.847. The zero-order chi connectivity index (χ0) is 12.8. The molecule has 1 saturated carbocycles. The second-order valence-corrected chi connectivity index (χ2v) is 7.55. The summed E-state index contributed by atoms with van der Waals surface area (Å²) < 4.78 is 5.66. The topological polar surface area (TPSA) is 25.4 Å². The molecule has 19 heavy (non-hydrogen) atoms. The Morgan fingerprint density at radius 1 is 1.32 bits per heavy atom. The molecule has 104 valence electrons. The van der Waals surface area contributed by atoms with Crippen molar-refractivity contribution < 1.29 is 4.74 Å². The normalized spacial score (nSPS) is 37.7. The summed E-state index contributed by atoms with van der Waals surface area (Å²) in [4.78, 5) is 7.23. The summed E-state index contributed by atoms with van der Waals surface area (Å²) in [6, 6.07) is 0. The lowest BCUT2D eigenvalue weighted by Gasteiger charge is -2.19. The Kier molecular flexibility index (Phi) is 3.13. The molecule has 2 saturated heterocycles. The van der Waals surface area contributed by atoms with Gasteiger partial charge in [-0.1, -0.05) is 0 Å². The first-order chi connectivity index (χ1) is 9.29. The van der Waals surface area contributed by atoms with E-state index in [1.807, 2.05) is 0 Å². The Labute approximate surface area is 119 Å². The minimum atomic E-state index is 0.872. The van der Waals surface area contributed by atoms with Gasteiger partial charge in [-0.15, -0.1) is 11.3 Å². The third kappa shape index (κ3) is 2.24. The predicted molar refractivity (Wildman–Crippen MR) is 76.4 cm³/mol. The van der Waals surface area contributed by atoms with Gasteiger partial charge in [0.1, 0.15) is 0 Å². The summed E-state index contributed by atoms with van der Waals surface area (Å²) in [5.41, 5.74) is 1.28.